The van der Waals surface area contributed by atoms with Crippen LogP contribution >= 0.6 is 27.5 Å². The molecule has 2 heterocycles. The van der Waals surface area contributed by atoms with Crippen LogP contribution in [0.2, 0.25) is 5.02 Å². The van der Waals surface area contributed by atoms with Gasteiger partial charge in [0.2, 0.25) is 10.0 Å². The van der Waals surface area contributed by atoms with E-state index in [1.165, 1.54) is 16.4 Å². The van der Waals surface area contributed by atoms with Gasteiger partial charge in [-0.25, -0.2) is 21.2 Å². The molecule has 2 aromatic carbocycles. The second kappa shape index (κ2) is 15.8. The number of unbranched alkanes of at least 4 members (excludes halogenated alkanes) is 2. The molecule has 0 unspecified atom stereocenters. The lowest BCUT2D eigenvalue weighted by molar-refractivity contribution is -0.135. The Hall–Kier alpha value is -1.87. The topological polar surface area (TPSA) is 116 Å². The van der Waals surface area contributed by atoms with Gasteiger partial charge in [-0.1, -0.05) is 58.2 Å². The van der Waals surface area contributed by atoms with E-state index in [1.807, 2.05) is 0 Å². The van der Waals surface area contributed by atoms with E-state index in [0.29, 0.717) is 27.0 Å². The van der Waals surface area contributed by atoms with Gasteiger partial charge >= 0.3 is 0 Å². The summed E-state index contributed by atoms with van der Waals surface area (Å²) in [6, 6.07) is 11.0. The summed E-state index contributed by atoms with van der Waals surface area (Å²) in [6.45, 7) is 6.13. The van der Waals surface area contributed by atoms with Gasteiger partial charge in [0.05, 0.1) is 10.6 Å². The molecule has 4 rings (SSSR count). The number of halogens is 3. The van der Waals surface area contributed by atoms with E-state index in [4.69, 9.17) is 11.6 Å². The zero-order valence-corrected chi connectivity index (χ0v) is 29.3. The quantitative estimate of drug-likeness (QED) is 0.284. The second-order valence-electron chi connectivity index (χ2n) is 11.6. The second-order valence-corrected chi connectivity index (χ2v) is 16.8. The fourth-order valence-electron chi connectivity index (χ4n) is 5.50. The van der Waals surface area contributed by atoms with E-state index in [9.17, 15) is 21.6 Å². The monoisotopic (exact) mass is 746 g/mol. The number of carbonyl (C=O) groups excluding carboxylic acids is 1. The molecule has 248 valence electrons. The predicted molar refractivity (Wildman–Crippen MR) is 180 cm³/mol. The Labute approximate surface area is 279 Å². The number of piperazine rings is 1. The zero-order valence-electron chi connectivity index (χ0n) is 25.4. The van der Waals surface area contributed by atoms with Crippen LogP contribution in [0.1, 0.15) is 39.0 Å². The van der Waals surface area contributed by atoms with Crippen molar-refractivity contribution in [2.75, 3.05) is 51.6 Å². The smallest absolute Gasteiger partial charge is 0.258 e. The average Bonchev–Trinajstić information content (AvgIpc) is 3.01. The van der Waals surface area contributed by atoms with Gasteiger partial charge in [0.15, 0.2) is 15.5 Å². The number of sulfonamides is 1. The number of carbonyl (C=O) groups is 1. The highest BCUT2D eigenvalue weighted by Crippen LogP contribution is 2.37. The first-order valence-corrected chi connectivity index (χ1v) is 19.5. The normalized spacial score (nSPS) is 19.0. The number of alkyl halides is 1. The van der Waals surface area contributed by atoms with Crippen molar-refractivity contribution in [2.24, 2.45) is 0 Å². The number of amides is 1. The van der Waals surface area contributed by atoms with Crippen LogP contribution in [0.3, 0.4) is 0 Å². The molecule has 2 N–H and O–H groups in total. The maximum absolute atomic E-state index is 15.8. The van der Waals surface area contributed by atoms with Crippen LogP contribution in [0, 0.1) is 0 Å². The summed E-state index contributed by atoms with van der Waals surface area (Å²) in [6.07, 6.45) is 2.98. The van der Waals surface area contributed by atoms with Gasteiger partial charge in [0.25, 0.3) is 5.91 Å². The van der Waals surface area contributed by atoms with Crippen molar-refractivity contribution in [1.29, 1.82) is 0 Å². The van der Waals surface area contributed by atoms with E-state index >= 15 is 4.39 Å². The molecule has 0 aliphatic carbocycles. The van der Waals surface area contributed by atoms with Crippen LogP contribution in [0.15, 0.2) is 63.3 Å². The molecule has 0 spiro atoms. The van der Waals surface area contributed by atoms with E-state index in [-0.39, 0.29) is 36.6 Å². The van der Waals surface area contributed by atoms with Crippen molar-refractivity contribution in [3.8, 4) is 11.1 Å². The van der Waals surface area contributed by atoms with E-state index < -0.39 is 37.5 Å². The third kappa shape index (κ3) is 9.82. The summed E-state index contributed by atoms with van der Waals surface area (Å²) >= 11 is 9.77. The van der Waals surface area contributed by atoms with Crippen LogP contribution in [-0.4, -0.2) is 95.2 Å². The molecule has 0 aromatic heterocycles. The van der Waals surface area contributed by atoms with Crippen molar-refractivity contribution >= 4 is 53.3 Å². The lowest BCUT2D eigenvalue weighted by Crippen LogP contribution is -2.53. The van der Waals surface area contributed by atoms with Crippen LogP contribution in [0.25, 0.3) is 11.1 Å². The molecule has 2 fully saturated rings. The van der Waals surface area contributed by atoms with Gasteiger partial charge in [0.1, 0.15) is 0 Å². The van der Waals surface area contributed by atoms with Gasteiger partial charge in [-0.05, 0) is 50.6 Å². The molecule has 2 aromatic rings. The van der Waals surface area contributed by atoms with Gasteiger partial charge in [-0.15, -0.1) is 0 Å². The molecule has 2 saturated heterocycles. The van der Waals surface area contributed by atoms with E-state index in [2.05, 4.69) is 31.5 Å². The Morgan fingerprint density at radius 3 is 2.42 bits per heavy atom. The first kappa shape index (κ1) is 36.0. The molecule has 9 nitrogen and oxygen atoms in total. The fourth-order valence-corrected chi connectivity index (χ4v) is 8.95. The number of hydrogen-bond donors (Lipinski definition) is 2. The molecule has 1 atom stereocenters. The molecular weight excluding hydrogens is 707 g/mol. The fraction of sp³-hybridized carbons (Fsp3) is 0.516. The number of sulfone groups is 1. The van der Waals surface area contributed by atoms with Crippen LogP contribution in [-0.2, 0) is 24.7 Å². The highest BCUT2D eigenvalue weighted by molar-refractivity contribution is 9.10. The standard InChI is InChI=1S/C31H41BrClFN4O5S2/c1-24(11-22-44(40,41)21-6-2-5-16-37-19-14-35-15-20-37)36-30(39)31(34)12-17-38(18-13-31)45(42,43)29-10-9-25(32)23-27(29)26-7-3-4-8-28(26)33/h3-4,7-11,22-24,35H,2,5-6,12-21H2,1H3,(H,36,39)/b22-11-/t24-/m1/s1. The largest absolute Gasteiger partial charge is 0.347 e. The molecule has 0 bridgehead atoms. The van der Waals surface area contributed by atoms with Crippen molar-refractivity contribution in [2.45, 2.75) is 55.6 Å². The third-order valence-corrected chi connectivity index (χ3v) is 12.4. The average molecular weight is 748 g/mol. The Bertz CT molecular complexity index is 1580. The van der Waals surface area contributed by atoms with Crippen LogP contribution < -0.4 is 10.6 Å². The number of rotatable bonds is 13. The highest BCUT2D eigenvalue weighted by atomic mass is 79.9. The summed E-state index contributed by atoms with van der Waals surface area (Å²) in [7, 11) is -7.51. The first-order chi connectivity index (χ1) is 21.3. The Kier molecular flexibility index (Phi) is 12.6. The summed E-state index contributed by atoms with van der Waals surface area (Å²) in [4.78, 5) is 15.3. The molecule has 14 heteroatoms. The highest BCUT2D eigenvalue weighted by Gasteiger charge is 2.45. The summed E-state index contributed by atoms with van der Waals surface area (Å²) in [5.74, 6) is -0.873. The molecule has 0 radical (unpaired) electrons. The van der Waals surface area contributed by atoms with Gasteiger partial charge in [-0.2, -0.15) is 4.31 Å². The van der Waals surface area contributed by atoms with Gasteiger partial charge < -0.3 is 15.5 Å². The number of hydrogen-bond acceptors (Lipinski definition) is 7. The number of nitrogens with zero attached hydrogens (tertiary/aromatic N) is 2. The lowest BCUT2D eigenvalue weighted by atomic mass is 9.93. The molecule has 2 aliphatic rings. The predicted octanol–water partition coefficient (Wildman–Crippen LogP) is 4.77. The number of benzene rings is 2. The molecule has 1 amide bonds. The molecular formula is C31H41BrClFN4O5S2. The Morgan fingerprint density at radius 1 is 1.04 bits per heavy atom. The summed E-state index contributed by atoms with van der Waals surface area (Å²) < 4.78 is 70.0. The SMILES string of the molecule is C[C@H](/C=C\S(=O)(=O)CCCCCN1CCNCC1)NC(=O)C1(F)CCN(S(=O)(=O)c2ccc(Br)cc2-c2ccccc2Cl)CC1. The maximum atomic E-state index is 15.8. The number of piperidine rings is 1. The molecule has 0 saturated carbocycles. The Morgan fingerprint density at radius 2 is 1.73 bits per heavy atom. The van der Waals surface area contributed by atoms with Crippen LogP contribution in [0.5, 0.6) is 0 Å². The minimum atomic E-state index is -4.04. The number of nitrogens with one attached hydrogen (secondary N) is 2. The maximum Gasteiger partial charge on any atom is 0.258 e. The summed E-state index contributed by atoms with van der Waals surface area (Å²) in [5.41, 5.74) is -1.33. The minimum absolute atomic E-state index is 0.0135. The molecule has 2 aliphatic heterocycles. The summed E-state index contributed by atoms with van der Waals surface area (Å²) in [5, 5.41) is 7.33. The van der Waals surface area contributed by atoms with E-state index in [1.54, 1.807) is 43.3 Å². The van der Waals surface area contributed by atoms with Gasteiger partial charge in [0, 0.05) is 84.2 Å². The molecule has 45 heavy (non-hydrogen) atoms. The van der Waals surface area contributed by atoms with E-state index in [0.717, 1.165) is 51.0 Å². The first-order valence-electron chi connectivity index (χ1n) is 15.2. The lowest BCUT2D eigenvalue weighted by Gasteiger charge is -2.35. The van der Waals surface area contributed by atoms with Crippen molar-refractivity contribution in [3.63, 3.8) is 0 Å². The van der Waals surface area contributed by atoms with Crippen LogP contribution in [0.4, 0.5) is 4.39 Å². The minimum Gasteiger partial charge on any atom is -0.347 e. The van der Waals surface area contributed by atoms with Crippen molar-refractivity contribution in [3.05, 3.63) is 63.4 Å². The Balaban J connectivity index is 1.29. The zero-order chi connectivity index (χ0) is 32.7. The van der Waals surface area contributed by atoms with Crippen molar-refractivity contribution < 1.29 is 26.0 Å². The van der Waals surface area contributed by atoms with Gasteiger partial charge in [-0.3, -0.25) is 4.79 Å². The van der Waals surface area contributed by atoms with Crippen molar-refractivity contribution in [1.82, 2.24) is 19.8 Å². The third-order valence-electron chi connectivity index (χ3n) is 8.19.